The van der Waals surface area contributed by atoms with E-state index in [9.17, 15) is 10.2 Å². The van der Waals surface area contributed by atoms with Gasteiger partial charge in [0, 0.05) is 5.56 Å². The summed E-state index contributed by atoms with van der Waals surface area (Å²) >= 11 is 0. The topological polar surface area (TPSA) is 60.7 Å². The van der Waals surface area contributed by atoms with Crippen molar-refractivity contribution >= 4 is 0 Å². The molecule has 0 aliphatic carbocycles. The van der Waals surface area contributed by atoms with Crippen molar-refractivity contribution in [3.8, 4) is 11.5 Å². The lowest BCUT2D eigenvalue weighted by Crippen LogP contribution is -1.92. The highest BCUT2D eigenvalue weighted by atomic mass is 16.3. The molecule has 0 aromatic heterocycles. The molecular formula is C9H12O3. The minimum atomic E-state index is -0.257. The molecule has 0 heterocycles. The van der Waals surface area contributed by atoms with Crippen molar-refractivity contribution in [1.29, 1.82) is 0 Å². The van der Waals surface area contributed by atoms with E-state index in [4.69, 9.17) is 5.11 Å². The normalized spacial score (nSPS) is 10.2. The fraction of sp³-hybridized carbons (Fsp3) is 0.333. The Labute approximate surface area is 70.9 Å². The maximum Gasteiger partial charge on any atom is 0.163 e. The second-order valence-electron chi connectivity index (χ2n) is 2.82. The Morgan fingerprint density at radius 1 is 1.25 bits per heavy atom. The van der Waals surface area contributed by atoms with Crippen LogP contribution >= 0.6 is 0 Å². The molecule has 0 atom stereocenters. The third-order valence-corrected chi connectivity index (χ3v) is 2.08. The zero-order valence-electron chi connectivity index (χ0n) is 7.13. The second-order valence-corrected chi connectivity index (χ2v) is 2.82. The summed E-state index contributed by atoms with van der Waals surface area (Å²) in [6, 6.07) is 1.48. The number of benzene rings is 1. The first kappa shape index (κ1) is 8.87. The summed E-state index contributed by atoms with van der Waals surface area (Å²) in [5.41, 5.74) is 2.06. The summed E-state index contributed by atoms with van der Waals surface area (Å²) in [5.74, 6) is -0.400. The molecule has 0 fully saturated rings. The lowest BCUT2D eigenvalue weighted by molar-refractivity contribution is 0.272. The average molecular weight is 168 g/mol. The molecule has 0 spiro atoms. The number of aryl methyl sites for hydroxylation is 1. The van der Waals surface area contributed by atoms with E-state index in [1.165, 1.54) is 6.07 Å². The van der Waals surface area contributed by atoms with E-state index in [1.807, 2.05) is 6.92 Å². The van der Waals surface area contributed by atoms with Gasteiger partial charge in [0.15, 0.2) is 11.5 Å². The maximum atomic E-state index is 9.29. The number of rotatable bonds is 1. The summed E-state index contributed by atoms with van der Waals surface area (Å²) in [5, 5.41) is 27.3. The van der Waals surface area contributed by atoms with Crippen molar-refractivity contribution in [2.45, 2.75) is 20.5 Å². The van der Waals surface area contributed by atoms with E-state index < -0.39 is 0 Å². The van der Waals surface area contributed by atoms with Gasteiger partial charge in [0.1, 0.15) is 0 Å². The third kappa shape index (κ3) is 1.23. The lowest BCUT2D eigenvalue weighted by atomic mass is 10.0. The van der Waals surface area contributed by atoms with Gasteiger partial charge in [0.25, 0.3) is 0 Å². The molecular weight excluding hydrogens is 156 g/mol. The van der Waals surface area contributed by atoms with Crippen LogP contribution in [0.3, 0.4) is 0 Å². The molecule has 1 rings (SSSR count). The minimum absolute atomic E-state index is 0.179. The first-order valence-corrected chi connectivity index (χ1v) is 3.69. The van der Waals surface area contributed by atoms with Gasteiger partial charge in [-0.2, -0.15) is 0 Å². The van der Waals surface area contributed by atoms with Crippen molar-refractivity contribution in [3.05, 3.63) is 22.8 Å². The smallest absolute Gasteiger partial charge is 0.163 e. The summed E-state index contributed by atoms with van der Waals surface area (Å²) < 4.78 is 0. The summed E-state index contributed by atoms with van der Waals surface area (Å²) in [7, 11) is 0. The van der Waals surface area contributed by atoms with Crippen molar-refractivity contribution in [2.24, 2.45) is 0 Å². The number of phenolic OH excluding ortho intramolecular Hbond substituents is 1. The Hall–Kier alpha value is -1.22. The van der Waals surface area contributed by atoms with Crippen molar-refractivity contribution in [2.75, 3.05) is 0 Å². The van der Waals surface area contributed by atoms with Gasteiger partial charge in [0.2, 0.25) is 0 Å². The van der Waals surface area contributed by atoms with Crippen LogP contribution in [0.2, 0.25) is 0 Å². The quantitative estimate of drug-likeness (QED) is 0.552. The molecule has 3 nitrogen and oxygen atoms in total. The summed E-state index contributed by atoms with van der Waals surface area (Å²) in [4.78, 5) is 0. The van der Waals surface area contributed by atoms with Crippen LogP contribution in [0.4, 0.5) is 0 Å². The Kier molecular flexibility index (Phi) is 2.24. The monoisotopic (exact) mass is 168 g/mol. The zero-order chi connectivity index (χ0) is 9.30. The van der Waals surface area contributed by atoms with Crippen LogP contribution in [0, 0.1) is 13.8 Å². The highest BCUT2D eigenvalue weighted by molar-refractivity contribution is 5.51. The van der Waals surface area contributed by atoms with Gasteiger partial charge in [-0.3, -0.25) is 0 Å². The van der Waals surface area contributed by atoms with Crippen LogP contribution in [0.15, 0.2) is 6.07 Å². The molecule has 12 heavy (non-hydrogen) atoms. The molecule has 0 aliphatic rings. The second kappa shape index (κ2) is 3.03. The van der Waals surface area contributed by atoms with Crippen LogP contribution in [0.5, 0.6) is 11.5 Å². The molecule has 66 valence electrons. The molecule has 1 aromatic rings. The molecule has 3 heteroatoms. The van der Waals surface area contributed by atoms with Gasteiger partial charge >= 0.3 is 0 Å². The molecule has 0 bridgehead atoms. The van der Waals surface area contributed by atoms with Crippen molar-refractivity contribution in [3.63, 3.8) is 0 Å². The average Bonchev–Trinajstić information content (AvgIpc) is 2.02. The number of phenols is 2. The van der Waals surface area contributed by atoms with Crippen LogP contribution in [0.1, 0.15) is 16.7 Å². The lowest BCUT2D eigenvalue weighted by Gasteiger charge is -2.09. The van der Waals surface area contributed by atoms with Gasteiger partial charge < -0.3 is 15.3 Å². The van der Waals surface area contributed by atoms with E-state index in [0.29, 0.717) is 5.56 Å². The fourth-order valence-electron chi connectivity index (χ4n) is 1.15. The van der Waals surface area contributed by atoms with Crippen LogP contribution in [-0.2, 0) is 6.61 Å². The first-order chi connectivity index (χ1) is 5.57. The van der Waals surface area contributed by atoms with Crippen molar-refractivity contribution < 1.29 is 15.3 Å². The maximum absolute atomic E-state index is 9.29. The fourth-order valence-corrected chi connectivity index (χ4v) is 1.15. The Morgan fingerprint density at radius 2 is 1.83 bits per heavy atom. The van der Waals surface area contributed by atoms with Gasteiger partial charge in [-0.1, -0.05) is 0 Å². The zero-order valence-corrected chi connectivity index (χ0v) is 7.13. The van der Waals surface area contributed by atoms with Crippen LogP contribution in [-0.4, -0.2) is 15.3 Å². The Morgan fingerprint density at radius 3 is 2.33 bits per heavy atom. The first-order valence-electron chi connectivity index (χ1n) is 3.69. The van der Waals surface area contributed by atoms with E-state index in [1.54, 1.807) is 6.92 Å². The highest BCUT2D eigenvalue weighted by Gasteiger charge is 2.10. The van der Waals surface area contributed by atoms with Crippen LogP contribution in [0.25, 0.3) is 0 Å². The molecule has 0 unspecified atom stereocenters. The number of hydrogen-bond donors (Lipinski definition) is 3. The van der Waals surface area contributed by atoms with Gasteiger partial charge in [0.05, 0.1) is 6.61 Å². The summed E-state index contributed by atoms with van der Waals surface area (Å²) in [6.45, 7) is 3.35. The Bertz CT molecular complexity index is 279. The highest BCUT2D eigenvalue weighted by Crippen LogP contribution is 2.33. The van der Waals surface area contributed by atoms with Gasteiger partial charge in [-0.25, -0.2) is 0 Å². The molecule has 0 saturated heterocycles. The molecule has 0 amide bonds. The molecule has 1 aromatic carbocycles. The number of aliphatic hydroxyl groups excluding tert-OH is 1. The standard InChI is InChI=1S/C9H12O3/c1-5-3-8(11)9(12)7(4-10)6(5)2/h3,10-12H,4H2,1-2H3. The Balaban J connectivity index is 3.42. The largest absolute Gasteiger partial charge is 0.504 e. The summed E-state index contributed by atoms with van der Waals surface area (Å²) in [6.07, 6.45) is 0. The van der Waals surface area contributed by atoms with Gasteiger partial charge in [-0.15, -0.1) is 0 Å². The SMILES string of the molecule is Cc1cc(O)c(O)c(CO)c1C. The van der Waals surface area contributed by atoms with Crippen molar-refractivity contribution in [1.82, 2.24) is 0 Å². The minimum Gasteiger partial charge on any atom is -0.504 e. The number of aliphatic hydroxyl groups is 1. The molecule has 3 N–H and O–H groups in total. The van der Waals surface area contributed by atoms with E-state index in [-0.39, 0.29) is 18.1 Å². The van der Waals surface area contributed by atoms with Gasteiger partial charge in [-0.05, 0) is 31.0 Å². The molecule has 0 saturated carbocycles. The van der Waals surface area contributed by atoms with E-state index in [0.717, 1.165) is 11.1 Å². The van der Waals surface area contributed by atoms with E-state index in [2.05, 4.69) is 0 Å². The predicted molar refractivity (Wildman–Crippen MR) is 45.2 cm³/mol. The van der Waals surface area contributed by atoms with Crippen LogP contribution < -0.4 is 0 Å². The van der Waals surface area contributed by atoms with E-state index >= 15 is 0 Å². The molecule has 0 aliphatic heterocycles. The number of hydrogen-bond acceptors (Lipinski definition) is 3. The number of aromatic hydroxyl groups is 2. The molecule has 0 radical (unpaired) electrons. The third-order valence-electron chi connectivity index (χ3n) is 2.08. The predicted octanol–water partition coefficient (Wildman–Crippen LogP) is 1.21.